The molecule has 6 heteroatoms. The van der Waals surface area contributed by atoms with Gasteiger partial charge in [-0.15, -0.1) is 0 Å². The highest BCUT2D eigenvalue weighted by Crippen LogP contribution is 2.42. The second kappa shape index (κ2) is 8.54. The number of carbonyl (C=O) groups excluding carboxylic acids is 2. The van der Waals surface area contributed by atoms with Crippen LogP contribution in [0.1, 0.15) is 49.7 Å². The minimum Gasteiger partial charge on any atom is -0.355 e. The van der Waals surface area contributed by atoms with E-state index in [0.717, 1.165) is 24.1 Å². The van der Waals surface area contributed by atoms with Crippen LogP contribution in [0.5, 0.6) is 0 Å². The number of rotatable bonds is 6. The van der Waals surface area contributed by atoms with Gasteiger partial charge in [0.15, 0.2) is 0 Å². The van der Waals surface area contributed by atoms with Crippen molar-refractivity contribution in [2.24, 2.45) is 5.92 Å². The fourth-order valence-corrected chi connectivity index (χ4v) is 4.88. The highest BCUT2D eigenvalue weighted by Gasteiger charge is 2.40. The van der Waals surface area contributed by atoms with E-state index in [0.29, 0.717) is 25.7 Å². The Labute approximate surface area is 175 Å². The third-order valence-corrected chi connectivity index (χ3v) is 6.51. The van der Waals surface area contributed by atoms with Gasteiger partial charge in [-0.25, -0.2) is 8.78 Å². The monoisotopic (exact) mass is 412 g/mol. The van der Waals surface area contributed by atoms with Crippen LogP contribution in [-0.2, 0) is 21.4 Å². The van der Waals surface area contributed by atoms with Crippen LogP contribution in [-0.4, -0.2) is 18.4 Å². The molecule has 1 saturated carbocycles. The van der Waals surface area contributed by atoms with Crippen molar-refractivity contribution in [3.05, 3.63) is 65.2 Å². The molecule has 1 fully saturated rings. The van der Waals surface area contributed by atoms with Gasteiger partial charge >= 0.3 is 0 Å². The van der Waals surface area contributed by atoms with Crippen LogP contribution in [0.2, 0.25) is 0 Å². The molecule has 1 aliphatic heterocycles. The summed E-state index contributed by atoms with van der Waals surface area (Å²) in [5.41, 5.74) is 1.29. The molecule has 1 heterocycles. The minimum atomic E-state index is -0.702. The molecular weight excluding hydrogens is 386 g/mol. The van der Waals surface area contributed by atoms with Crippen molar-refractivity contribution in [3.8, 4) is 0 Å². The second-order valence-electron chi connectivity index (χ2n) is 8.45. The SMILES string of the molecule is O=C(CCC1Cc2ccccc2NC1=O)NCC1(c2c(F)cccc2F)CCCC1. The molecule has 0 bridgehead atoms. The molecule has 2 amide bonds. The van der Waals surface area contributed by atoms with Gasteiger partial charge in [-0.3, -0.25) is 9.59 Å². The number of anilines is 1. The summed E-state index contributed by atoms with van der Waals surface area (Å²) in [5.74, 6) is -1.62. The summed E-state index contributed by atoms with van der Waals surface area (Å²) < 4.78 is 28.9. The molecule has 0 radical (unpaired) electrons. The maximum atomic E-state index is 14.4. The number of hydrogen-bond donors (Lipinski definition) is 2. The second-order valence-corrected chi connectivity index (χ2v) is 8.45. The molecular formula is C24H26F2N2O2. The first-order valence-corrected chi connectivity index (χ1v) is 10.6. The number of carbonyl (C=O) groups is 2. The van der Waals surface area contributed by atoms with E-state index in [1.165, 1.54) is 18.2 Å². The number of hydrogen-bond acceptors (Lipinski definition) is 2. The average molecular weight is 412 g/mol. The van der Waals surface area contributed by atoms with E-state index in [1.54, 1.807) is 0 Å². The number of para-hydroxylation sites is 1. The summed E-state index contributed by atoms with van der Waals surface area (Å²) in [4.78, 5) is 24.8. The number of nitrogens with one attached hydrogen (secondary N) is 2. The maximum absolute atomic E-state index is 14.4. The van der Waals surface area contributed by atoms with Crippen molar-refractivity contribution in [2.45, 2.75) is 50.4 Å². The molecule has 2 N–H and O–H groups in total. The predicted octanol–water partition coefficient (Wildman–Crippen LogP) is 4.48. The van der Waals surface area contributed by atoms with E-state index in [9.17, 15) is 18.4 Å². The smallest absolute Gasteiger partial charge is 0.227 e. The molecule has 0 aromatic heterocycles. The number of benzene rings is 2. The zero-order valence-corrected chi connectivity index (χ0v) is 16.8. The lowest BCUT2D eigenvalue weighted by Crippen LogP contribution is -2.40. The van der Waals surface area contributed by atoms with Crippen LogP contribution in [0.3, 0.4) is 0 Å². The first-order valence-electron chi connectivity index (χ1n) is 10.6. The molecule has 0 saturated heterocycles. The predicted molar refractivity (Wildman–Crippen MR) is 111 cm³/mol. The van der Waals surface area contributed by atoms with Crippen molar-refractivity contribution in [2.75, 3.05) is 11.9 Å². The van der Waals surface area contributed by atoms with Gasteiger partial charge < -0.3 is 10.6 Å². The van der Waals surface area contributed by atoms with E-state index in [1.807, 2.05) is 24.3 Å². The maximum Gasteiger partial charge on any atom is 0.227 e. The van der Waals surface area contributed by atoms with E-state index < -0.39 is 17.0 Å². The zero-order chi connectivity index (χ0) is 21.1. The highest BCUT2D eigenvalue weighted by molar-refractivity contribution is 5.96. The van der Waals surface area contributed by atoms with Crippen molar-refractivity contribution < 1.29 is 18.4 Å². The lowest BCUT2D eigenvalue weighted by molar-refractivity contribution is -0.123. The van der Waals surface area contributed by atoms with Crippen molar-refractivity contribution in [1.82, 2.24) is 5.32 Å². The lowest BCUT2D eigenvalue weighted by Gasteiger charge is -2.31. The Bertz CT molecular complexity index is 934. The van der Waals surface area contributed by atoms with Gasteiger partial charge in [0, 0.05) is 35.5 Å². The molecule has 158 valence electrons. The van der Waals surface area contributed by atoms with Crippen LogP contribution in [0.25, 0.3) is 0 Å². The first kappa shape index (κ1) is 20.5. The van der Waals surface area contributed by atoms with Gasteiger partial charge in [-0.2, -0.15) is 0 Å². The molecule has 2 aromatic carbocycles. The summed E-state index contributed by atoms with van der Waals surface area (Å²) in [7, 11) is 0. The fourth-order valence-electron chi connectivity index (χ4n) is 4.88. The topological polar surface area (TPSA) is 58.2 Å². The Kier molecular flexibility index (Phi) is 5.84. The van der Waals surface area contributed by atoms with Gasteiger partial charge in [-0.1, -0.05) is 37.1 Å². The van der Waals surface area contributed by atoms with Crippen molar-refractivity contribution >= 4 is 17.5 Å². The van der Waals surface area contributed by atoms with E-state index in [2.05, 4.69) is 10.6 Å². The van der Waals surface area contributed by atoms with Gasteiger partial charge in [0.2, 0.25) is 11.8 Å². The fraction of sp³-hybridized carbons (Fsp3) is 0.417. The van der Waals surface area contributed by atoms with Gasteiger partial charge in [-0.05, 0) is 49.4 Å². The third kappa shape index (κ3) is 4.09. The minimum absolute atomic E-state index is 0.0674. The van der Waals surface area contributed by atoms with E-state index in [-0.39, 0.29) is 36.3 Å². The summed E-state index contributed by atoms with van der Waals surface area (Å²) in [6.07, 6.45) is 4.30. The molecule has 4 rings (SSSR count). The van der Waals surface area contributed by atoms with Gasteiger partial charge in [0.25, 0.3) is 0 Å². The van der Waals surface area contributed by atoms with Crippen molar-refractivity contribution in [1.29, 1.82) is 0 Å². The molecule has 1 aliphatic carbocycles. The van der Waals surface area contributed by atoms with Crippen LogP contribution in [0.15, 0.2) is 42.5 Å². The number of amides is 2. The first-order chi connectivity index (χ1) is 14.5. The quantitative estimate of drug-likeness (QED) is 0.735. The normalized spacial score (nSPS) is 19.8. The Balaban J connectivity index is 1.37. The molecule has 0 spiro atoms. The Morgan fingerprint density at radius 1 is 1.07 bits per heavy atom. The Morgan fingerprint density at radius 2 is 1.77 bits per heavy atom. The molecule has 2 aromatic rings. The molecule has 30 heavy (non-hydrogen) atoms. The summed E-state index contributed by atoms with van der Waals surface area (Å²) >= 11 is 0. The van der Waals surface area contributed by atoms with Crippen LogP contribution >= 0.6 is 0 Å². The number of halogens is 2. The van der Waals surface area contributed by atoms with Gasteiger partial charge in [0.1, 0.15) is 11.6 Å². The molecule has 1 unspecified atom stereocenters. The standard InChI is InChI=1S/C24H26F2N2O2/c25-18-7-5-8-19(26)22(18)24(12-3-4-13-24)15-27-21(29)11-10-17-14-16-6-1-2-9-20(16)28-23(17)30/h1-2,5-9,17H,3-4,10-15H2,(H,27,29)(H,28,30). The van der Waals surface area contributed by atoms with Crippen LogP contribution in [0.4, 0.5) is 14.5 Å². The van der Waals surface area contributed by atoms with E-state index in [4.69, 9.17) is 0 Å². The third-order valence-electron chi connectivity index (χ3n) is 6.51. The number of fused-ring (bicyclic) bond motifs is 1. The Hall–Kier alpha value is -2.76. The zero-order valence-electron chi connectivity index (χ0n) is 16.8. The van der Waals surface area contributed by atoms with E-state index >= 15 is 0 Å². The average Bonchev–Trinajstić information content (AvgIpc) is 3.20. The largest absolute Gasteiger partial charge is 0.355 e. The summed E-state index contributed by atoms with van der Waals surface area (Å²) in [5, 5.41) is 5.78. The summed E-state index contributed by atoms with van der Waals surface area (Å²) in [6.45, 7) is 0.212. The molecule has 1 atom stereocenters. The highest BCUT2D eigenvalue weighted by atomic mass is 19.1. The van der Waals surface area contributed by atoms with Crippen molar-refractivity contribution in [3.63, 3.8) is 0 Å². The molecule has 4 nitrogen and oxygen atoms in total. The molecule has 2 aliphatic rings. The van der Waals surface area contributed by atoms with Crippen LogP contribution < -0.4 is 10.6 Å². The van der Waals surface area contributed by atoms with Gasteiger partial charge in [0.05, 0.1) is 0 Å². The van der Waals surface area contributed by atoms with Crippen LogP contribution in [0, 0.1) is 17.6 Å². The lowest BCUT2D eigenvalue weighted by atomic mass is 9.78. The Morgan fingerprint density at radius 3 is 2.50 bits per heavy atom. The summed E-state index contributed by atoms with van der Waals surface area (Å²) in [6, 6.07) is 11.6.